The zero-order valence-corrected chi connectivity index (χ0v) is 14.7. The van der Waals surface area contributed by atoms with Gasteiger partial charge in [0.05, 0.1) is 0 Å². The lowest BCUT2D eigenvalue weighted by Crippen LogP contribution is -2.55. The number of carbonyl (C=O) groups is 4. The zero-order chi connectivity index (χ0) is 18.7. The fourth-order valence-electron chi connectivity index (χ4n) is 3.21. The van der Waals surface area contributed by atoms with Crippen LogP contribution in [0.15, 0.2) is 24.3 Å². The Kier molecular flexibility index (Phi) is 5.20. The summed E-state index contributed by atoms with van der Waals surface area (Å²) >= 11 is 0. The third-order valence-electron chi connectivity index (χ3n) is 4.63. The number of likely N-dealkylation sites (N-methyl/N-ethyl adjacent to an activating group) is 1. The summed E-state index contributed by atoms with van der Waals surface area (Å²) in [5.74, 6) is -1.52. The molecule has 2 aliphatic heterocycles. The van der Waals surface area contributed by atoms with Gasteiger partial charge in [-0.1, -0.05) is 6.07 Å². The second-order valence-corrected chi connectivity index (χ2v) is 6.36. The van der Waals surface area contributed by atoms with Crippen molar-refractivity contribution >= 4 is 35.0 Å². The third-order valence-corrected chi connectivity index (χ3v) is 4.63. The molecule has 0 bridgehead atoms. The quantitative estimate of drug-likeness (QED) is 0.774. The van der Waals surface area contributed by atoms with Gasteiger partial charge in [0.15, 0.2) is 0 Å². The lowest BCUT2D eigenvalue weighted by molar-refractivity contribution is -0.156. The van der Waals surface area contributed by atoms with E-state index in [1.165, 1.54) is 9.80 Å². The van der Waals surface area contributed by atoms with Crippen molar-refractivity contribution in [1.29, 1.82) is 0 Å². The Hall–Kier alpha value is -2.90. The standard InChI is InChI=1S/C18H22N4O4/c1-2-20-9-10-21(18(26)17(20)25)12-15(23)19-13-5-3-6-14(11-13)22-8-4-7-16(22)24/h3,5-6,11H,2,4,7-10,12H2,1H3,(H,19,23). The monoisotopic (exact) mass is 358 g/mol. The average Bonchev–Trinajstić information content (AvgIpc) is 3.05. The summed E-state index contributed by atoms with van der Waals surface area (Å²) < 4.78 is 0. The predicted octanol–water partition coefficient (Wildman–Crippen LogP) is 0.443. The lowest BCUT2D eigenvalue weighted by Gasteiger charge is -2.32. The molecule has 0 spiro atoms. The van der Waals surface area contributed by atoms with E-state index in [0.717, 1.165) is 12.1 Å². The number of benzene rings is 1. The highest BCUT2D eigenvalue weighted by molar-refractivity contribution is 6.35. The van der Waals surface area contributed by atoms with E-state index in [-0.39, 0.29) is 18.4 Å². The molecular weight excluding hydrogens is 336 g/mol. The maximum atomic E-state index is 12.3. The van der Waals surface area contributed by atoms with Crippen molar-refractivity contribution in [2.45, 2.75) is 19.8 Å². The molecule has 2 heterocycles. The molecular formula is C18H22N4O4. The highest BCUT2D eigenvalue weighted by atomic mass is 16.2. The van der Waals surface area contributed by atoms with E-state index in [1.54, 1.807) is 23.1 Å². The molecule has 0 atom stereocenters. The van der Waals surface area contributed by atoms with Crippen molar-refractivity contribution in [2.75, 3.05) is 42.9 Å². The van der Waals surface area contributed by atoms with Crippen LogP contribution in [-0.2, 0) is 19.2 Å². The Balaban J connectivity index is 1.61. The number of hydrogen-bond acceptors (Lipinski definition) is 4. The Labute approximate surface area is 151 Å². The number of piperazine rings is 1. The van der Waals surface area contributed by atoms with Gasteiger partial charge in [0.2, 0.25) is 11.8 Å². The second-order valence-electron chi connectivity index (χ2n) is 6.36. The minimum absolute atomic E-state index is 0.0754. The van der Waals surface area contributed by atoms with Crippen molar-refractivity contribution < 1.29 is 19.2 Å². The summed E-state index contributed by atoms with van der Waals surface area (Å²) in [7, 11) is 0. The highest BCUT2D eigenvalue weighted by Gasteiger charge is 2.32. The van der Waals surface area contributed by atoms with Gasteiger partial charge in [-0.05, 0) is 31.5 Å². The summed E-state index contributed by atoms with van der Waals surface area (Å²) in [4.78, 5) is 52.5. The summed E-state index contributed by atoms with van der Waals surface area (Å²) in [5, 5.41) is 2.73. The van der Waals surface area contributed by atoms with E-state index < -0.39 is 11.8 Å². The fraction of sp³-hybridized carbons (Fsp3) is 0.444. The number of anilines is 2. The molecule has 0 aromatic heterocycles. The molecule has 0 radical (unpaired) electrons. The van der Waals surface area contributed by atoms with E-state index >= 15 is 0 Å². The Morgan fingerprint density at radius 1 is 1.08 bits per heavy atom. The molecule has 1 N–H and O–H groups in total. The lowest BCUT2D eigenvalue weighted by atomic mass is 10.2. The fourth-order valence-corrected chi connectivity index (χ4v) is 3.21. The van der Waals surface area contributed by atoms with Gasteiger partial charge < -0.3 is 20.0 Å². The molecule has 2 saturated heterocycles. The van der Waals surface area contributed by atoms with Crippen LogP contribution in [0.1, 0.15) is 19.8 Å². The highest BCUT2D eigenvalue weighted by Crippen LogP contribution is 2.24. The minimum atomic E-state index is -0.648. The third kappa shape index (κ3) is 3.68. The topological polar surface area (TPSA) is 90.0 Å². The van der Waals surface area contributed by atoms with Crippen molar-refractivity contribution in [1.82, 2.24) is 9.80 Å². The van der Waals surface area contributed by atoms with Crippen LogP contribution < -0.4 is 10.2 Å². The van der Waals surface area contributed by atoms with Crippen LogP contribution in [0.5, 0.6) is 0 Å². The molecule has 0 saturated carbocycles. The molecule has 1 aromatic carbocycles. The summed E-state index contributed by atoms with van der Waals surface area (Å²) in [6.45, 7) is 3.57. The molecule has 2 aliphatic rings. The maximum absolute atomic E-state index is 12.3. The van der Waals surface area contributed by atoms with Gasteiger partial charge in [-0.25, -0.2) is 0 Å². The van der Waals surface area contributed by atoms with E-state index in [1.807, 2.05) is 13.0 Å². The van der Waals surface area contributed by atoms with Gasteiger partial charge in [-0.3, -0.25) is 19.2 Å². The average molecular weight is 358 g/mol. The summed E-state index contributed by atoms with van der Waals surface area (Å²) in [6.07, 6.45) is 1.37. The van der Waals surface area contributed by atoms with Gasteiger partial charge in [0.25, 0.3) is 0 Å². The van der Waals surface area contributed by atoms with Crippen molar-refractivity contribution in [2.24, 2.45) is 0 Å². The van der Waals surface area contributed by atoms with Crippen LogP contribution >= 0.6 is 0 Å². The Morgan fingerprint density at radius 2 is 1.81 bits per heavy atom. The largest absolute Gasteiger partial charge is 0.333 e. The number of amides is 4. The van der Waals surface area contributed by atoms with Crippen LogP contribution in [0.25, 0.3) is 0 Å². The maximum Gasteiger partial charge on any atom is 0.312 e. The van der Waals surface area contributed by atoms with Crippen molar-refractivity contribution in [3.63, 3.8) is 0 Å². The first-order valence-electron chi connectivity index (χ1n) is 8.78. The molecule has 138 valence electrons. The first kappa shape index (κ1) is 17.9. The van der Waals surface area contributed by atoms with Crippen LogP contribution in [0.3, 0.4) is 0 Å². The van der Waals surface area contributed by atoms with Gasteiger partial charge in [-0.15, -0.1) is 0 Å². The summed E-state index contributed by atoms with van der Waals surface area (Å²) in [5.41, 5.74) is 1.30. The number of rotatable bonds is 5. The number of nitrogens with zero attached hydrogens (tertiary/aromatic N) is 3. The van der Waals surface area contributed by atoms with Crippen LogP contribution in [0, 0.1) is 0 Å². The molecule has 4 amide bonds. The van der Waals surface area contributed by atoms with E-state index in [2.05, 4.69) is 5.32 Å². The Morgan fingerprint density at radius 3 is 2.50 bits per heavy atom. The van der Waals surface area contributed by atoms with Gasteiger partial charge >= 0.3 is 11.8 Å². The minimum Gasteiger partial charge on any atom is -0.333 e. The zero-order valence-electron chi connectivity index (χ0n) is 14.7. The number of hydrogen-bond donors (Lipinski definition) is 1. The van der Waals surface area contributed by atoms with Gasteiger partial charge in [0, 0.05) is 44.0 Å². The molecule has 26 heavy (non-hydrogen) atoms. The van der Waals surface area contributed by atoms with Crippen LogP contribution in [-0.4, -0.2) is 66.2 Å². The number of carbonyl (C=O) groups excluding carboxylic acids is 4. The molecule has 8 heteroatoms. The molecule has 0 aliphatic carbocycles. The van der Waals surface area contributed by atoms with Crippen molar-refractivity contribution in [3.05, 3.63) is 24.3 Å². The normalized spacial score (nSPS) is 17.9. The molecule has 8 nitrogen and oxygen atoms in total. The van der Waals surface area contributed by atoms with Crippen LogP contribution in [0.4, 0.5) is 11.4 Å². The van der Waals surface area contributed by atoms with E-state index in [4.69, 9.17) is 0 Å². The first-order valence-corrected chi connectivity index (χ1v) is 8.78. The van der Waals surface area contributed by atoms with E-state index in [9.17, 15) is 19.2 Å². The first-order chi connectivity index (χ1) is 12.5. The van der Waals surface area contributed by atoms with E-state index in [0.29, 0.717) is 38.3 Å². The second kappa shape index (κ2) is 7.55. The molecule has 2 fully saturated rings. The smallest absolute Gasteiger partial charge is 0.312 e. The van der Waals surface area contributed by atoms with Crippen molar-refractivity contribution in [3.8, 4) is 0 Å². The molecule has 3 rings (SSSR count). The number of nitrogens with one attached hydrogen (secondary N) is 1. The van der Waals surface area contributed by atoms with Gasteiger partial charge in [0.1, 0.15) is 6.54 Å². The SMILES string of the molecule is CCN1CCN(CC(=O)Nc2cccc(N3CCCC3=O)c2)C(=O)C1=O. The van der Waals surface area contributed by atoms with Gasteiger partial charge in [-0.2, -0.15) is 0 Å². The van der Waals surface area contributed by atoms with Crippen LogP contribution in [0.2, 0.25) is 0 Å². The predicted molar refractivity (Wildman–Crippen MR) is 95.5 cm³/mol. The molecule has 1 aromatic rings. The summed E-state index contributed by atoms with van der Waals surface area (Å²) in [6, 6.07) is 7.06. The Bertz CT molecular complexity index is 748. The molecule has 0 unspecified atom stereocenters.